The summed E-state index contributed by atoms with van der Waals surface area (Å²) in [5.41, 5.74) is 1.98. The molecule has 28 heavy (non-hydrogen) atoms. The molecule has 1 aromatic heterocycles. The molecule has 1 aromatic carbocycles. The lowest BCUT2D eigenvalue weighted by Crippen LogP contribution is -2.51. The molecular formula is C20H24N4O3S. The normalized spacial score (nSPS) is 20.5. The molecule has 7 nitrogen and oxygen atoms in total. The van der Waals surface area contributed by atoms with E-state index in [0.29, 0.717) is 24.5 Å². The lowest BCUT2D eigenvalue weighted by Gasteiger charge is -2.36. The van der Waals surface area contributed by atoms with Crippen molar-refractivity contribution < 1.29 is 13.2 Å². The van der Waals surface area contributed by atoms with Gasteiger partial charge in [0.15, 0.2) is 9.84 Å². The van der Waals surface area contributed by atoms with Crippen molar-refractivity contribution in [2.45, 2.75) is 24.0 Å². The van der Waals surface area contributed by atoms with Gasteiger partial charge in [-0.2, -0.15) is 0 Å². The fraction of sp³-hybridized carbons (Fsp3) is 0.400. The summed E-state index contributed by atoms with van der Waals surface area (Å²) >= 11 is 0. The maximum absolute atomic E-state index is 12.7. The van der Waals surface area contributed by atoms with E-state index < -0.39 is 9.84 Å². The Morgan fingerprint density at radius 3 is 2.50 bits per heavy atom. The molecule has 0 N–H and O–H groups in total. The molecule has 148 valence electrons. The van der Waals surface area contributed by atoms with Crippen LogP contribution in [-0.4, -0.2) is 72.6 Å². The lowest BCUT2D eigenvalue weighted by atomic mass is 10.1. The van der Waals surface area contributed by atoms with Gasteiger partial charge in [0.1, 0.15) is 0 Å². The van der Waals surface area contributed by atoms with Crippen LogP contribution in [0.1, 0.15) is 11.3 Å². The van der Waals surface area contributed by atoms with E-state index >= 15 is 0 Å². The molecule has 2 aromatic rings. The van der Waals surface area contributed by atoms with Gasteiger partial charge in [0, 0.05) is 45.2 Å². The zero-order valence-corrected chi connectivity index (χ0v) is 16.7. The molecule has 0 saturated carbocycles. The van der Waals surface area contributed by atoms with Crippen LogP contribution in [0.5, 0.6) is 0 Å². The van der Waals surface area contributed by atoms with Gasteiger partial charge in [-0.15, -0.1) is 0 Å². The molecule has 2 aliphatic rings. The molecule has 0 bridgehead atoms. The summed E-state index contributed by atoms with van der Waals surface area (Å²) in [6.45, 7) is 4.34. The van der Waals surface area contributed by atoms with Crippen molar-refractivity contribution in [1.82, 2.24) is 19.7 Å². The summed E-state index contributed by atoms with van der Waals surface area (Å²) in [6, 6.07) is 13.1. The number of pyridine rings is 1. The van der Waals surface area contributed by atoms with E-state index in [0.717, 1.165) is 30.9 Å². The Hall–Kier alpha value is -2.45. The Morgan fingerprint density at radius 2 is 1.82 bits per heavy atom. The van der Waals surface area contributed by atoms with E-state index in [1.165, 1.54) is 6.26 Å². The number of hydrogen-bond acceptors (Lipinski definition) is 5. The smallest absolute Gasteiger partial charge is 0.317 e. The summed E-state index contributed by atoms with van der Waals surface area (Å²) < 4.78 is 23.2. The van der Waals surface area contributed by atoms with Crippen molar-refractivity contribution >= 4 is 15.9 Å². The summed E-state index contributed by atoms with van der Waals surface area (Å²) in [5.74, 6) is 0. The van der Waals surface area contributed by atoms with E-state index in [1.807, 2.05) is 40.1 Å². The molecule has 4 rings (SSSR count). The van der Waals surface area contributed by atoms with Gasteiger partial charge in [-0.05, 0) is 29.8 Å². The third-order valence-corrected chi connectivity index (χ3v) is 6.48. The van der Waals surface area contributed by atoms with E-state index in [9.17, 15) is 13.2 Å². The van der Waals surface area contributed by atoms with Gasteiger partial charge >= 0.3 is 6.03 Å². The summed E-state index contributed by atoms with van der Waals surface area (Å²) in [4.78, 5) is 23.5. The third-order valence-electron chi connectivity index (χ3n) is 5.35. The molecule has 2 amide bonds. The number of rotatable bonds is 5. The van der Waals surface area contributed by atoms with E-state index in [4.69, 9.17) is 0 Å². The molecule has 0 radical (unpaired) electrons. The molecular weight excluding hydrogens is 376 g/mol. The second-order valence-corrected chi connectivity index (χ2v) is 9.50. The Labute approximate surface area is 165 Å². The van der Waals surface area contributed by atoms with Crippen LogP contribution in [0.15, 0.2) is 53.6 Å². The van der Waals surface area contributed by atoms with Crippen molar-refractivity contribution in [2.75, 3.05) is 32.4 Å². The van der Waals surface area contributed by atoms with Crippen LogP contribution in [0.25, 0.3) is 0 Å². The average Bonchev–Trinajstić information content (AvgIpc) is 2.97. The van der Waals surface area contributed by atoms with Gasteiger partial charge in [0.2, 0.25) is 0 Å². The minimum atomic E-state index is -3.17. The predicted octanol–water partition coefficient (Wildman–Crippen LogP) is 1.61. The van der Waals surface area contributed by atoms with Crippen LogP contribution in [0.2, 0.25) is 0 Å². The number of piperazine rings is 1. The summed E-state index contributed by atoms with van der Waals surface area (Å²) in [6.07, 6.45) is 2.97. The Balaban J connectivity index is 1.37. The van der Waals surface area contributed by atoms with Crippen LogP contribution in [0.4, 0.5) is 4.79 Å². The van der Waals surface area contributed by atoms with Crippen molar-refractivity contribution in [2.24, 2.45) is 0 Å². The first kappa shape index (κ1) is 18.9. The van der Waals surface area contributed by atoms with Gasteiger partial charge in [0.05, 0.1) is 23.2 Å². The van der Waals surface area contributed by atoms with Gasteiger partial charge in [-0.1, -0.05) is 18.2 Å². The Bertz CT molecular complexity index is 947. The van der Waals surface area contributed by atoms with Gasteiger partial charge in [-0.25, -0.2) is 13.2 Å². The van der Waals surface area contributed by atoms with Crippen molar-refractivity contribution in [3.05, 3.63) is 59.9 Å². The minimum Gasteiger partial charge on any atom is -0.317 e. The van der Waals surface area contributed by atoms with Crippen LogP contribution >= 0.6 is 0 Å². The van der Waals surface area contributed by atoms with Crippen LogP contribution in [0, 0.1) is 0 Å². The largest absolute Gasteiger partial charge is 0.320 e. The average molecular weight is 401 g/mol. The Morgan fingerprint density at radius 1 is 1.04 bits per heavy atom. The number of aromatic nitrogens is 1. The van der Waals surface area contributed by atoms with Crippen molar-refractivity contribution in [1.29, 1.82) is 0 Å². The fourth-order valence-corrected chi connectivity index (χ4v) is 4.54. The molecule has 2 saturated heterocycles. The molecule has 8 heteroatoms. The first-order valence-corrected chi connectivity index (χ1v) is 11.3. The van der Waals surface area contributed by atoms with Crippen LogP contribution in [-0.2, 0) is 22.9 Å². The molecule has 0 aliphatic carbocycles. The third kappa shape index (κ3) is 4.02. The standard InChI is InChI=1S/C20H24N4O3S/c1-28(26,27)19-7-5-16(6-8-19)12-22-10-11-24-18(14-22)15-23(20(24)25)13-17-4-2-3-9-21-17/h2-9,18H,10-15H2,1H3. The molecule has 2 aliphatic heterocycles. The quantitative estimate of drug-likeness (QED) is 0.762. The van der Waals surface area contributed by atoms with Gasteiger partial charge < -0.3 is 9.80 Å². The topological polar surface area (TPSA) is 73.8 Å². The molecule has 1 atom stereocenters. The molecule has 1 unspecified atom stereocenters. The molecule has 2 fully saturated rings. The highest BCUT2D eigenvalue weighted by molar-refractivity contribution is 7.90. The highest BCUT2D eigenvalue weighted by atomic mass is 32.2. The number of amides is 2. The van der Waals surface area contributed by atoms with Crippen LogP contribution in [0.3, 0.4) is 0 Å². The fourth-order valence-electron chi connectivity index (χ4n) is 3.91. The highest BCUT2D eigenvalue weighted by Gasteiger charge is 2.40. The number of carbonyl (C=O) groups is 1. The number of fused-ring (bicyclic) bond motifs is 1. The zero-order chi connectivity index (χ0) is 19.7. The zero-order valence-electron chi connectivity index (χ0n) is 15.9. The number of benzene rings is 1. The van der Waals surface area contributed by atoms with E-state index in [-0.39, 0.29) is 12.1 Å². The predicted molar refractivity (Wildman–Crippen MR) is 105 cm³/mol. The number of urea groups is 1. The van der Waals surface area contributed by atoms with E-state index in [2.05, 4.69) is 9.88 Å². The molecule has 0 spiro atoms. The van der Waals surface area contributed by atoms with Crippen LogP contribution < -0.4 is 0 Å². The maximum atomic E-state index is 12.7. The second kappa shape index (κ2) is 7.52. The minimum absolute atomic E-state index is 0.0906. The summed E-state index contributed by atoms with van der Waals surface area (Å²) in [5, 5.41) is 0. The van der Waals surface area contributed by atoms with Gasteiger partial charge in [-0.3, -0.25) is 9.88 Å². The first-order valence-electron chi connectivity index (χ1n) is 9.37. The molecule has 3 heterocycles. The van der Waals surface area contributed by atoms with Gasteiger partial charge in [0.25, 0.3) is 0 Å². The monoisotopic (exact) mass is 400 g/mol. The maximum Gasteiger partial charge on any atom is 0.320 e. The Kier molecular flexibility index (Phi) is 5.07. The first-order chi connectivity index (χ1) is 13.4. The SMILES string of the molecule is CS(=O)(=O)c1ccc(CN2CCN3C(=O)N(Cc4ccccn4)CC3C2)cc1. The van der Waals surface area contributed by atoms with Crippen molar-refractivity contribution in [3.63, 3.8) is 0 Å². The number of sulfone groups is 1. The number of carbonyl (C=O) groups excluding carboxylic acids is 1. The highest BCUT2D eigenvalue weighted by Crippen LogP contribution is 2.23. The number of hydrogen-bond donors (Lipinski definition) is 0. The number of nitrogens with zero attached hydrogens (tertiary/aromatic N) is 4. The van der Waals surface area contributed by atoms with E-state index in [1.54, 1.807) is 18.3 Å². The lowest BCUT2D eigenvalue weighted by molar-refractivity contribution is 0.116. The summed E-state index contributed by atoms with van der Waals surface area (Å²) in [7, 11) is -3.17. The second-order valence-electron chi connectivity index (χ2n) is 7.48. The van der Waals surface area contributed by atoms with Crippen molar-refractivity contribution in [3.8, 4) is 0 Å².